The minimum Gasteiger partial charge on any atom is -0.493 e. The van der Waals surface area contributed by atoms with E-state index in [0.717, 1.165) is 47.2 Å². The smallest absolute Gasteiger partial charge is 0.336 e. The minimum absolute atomic E-state index is 0.346. The maximum atomic E-state index is 12.1. The predicted octanol–water partition coefficient (Wildman–Crippen LogP) is 3.00. The van der Waals surface area contributed by atoms with Crippen molar-refractivity contribution in [1.82, 2.24) is 0 Å². The van der Waals surface area contributed by atoms with Gasteiger partial charge in [-0.1, -0.05) is 24.6 Å². The number of fused-ring (bicyclic) bond motifs is 3. The van der Waals surface area contributed by atoms with Crippen molar-refractivity contribution in [3.8, 4) is 17.2 Å². The van der Waals surface area contributed by atoms with Crippen molar-refractivity contribution in [2.75, 3.05) is 27.5 Å². The van der Waals surface area contributed by atoms with Crippen LogP contribution in [0.4, 0.5) is 0 Å². The van der Waals surface area contributed by atoms with Crippen molar-refractivity contribution in [2.45, 2.75) is 26.3 Å². The molecule has 1 unspecified atom stereocenters. The molecule has 1 aliphatic rings. The Morgan fingerprint density at radius 2 is 1.93 bits per heavy atom. The molecule has 7 heteroatoms. The van der Waals surface area contributed by atoms with Crippen LogP contribution in [0.25, 0.3) is 11.0 Å². The van der Waals surface area contributed by atoms with E-state index < -0.39 is 0 Å². The minimum atomic E-state index is -0.346. The molecule has 0 fully saturated rings. The molecule has 2 heterocycles. The molecule has 1 N–H and O–H groups in total. The lowest BCUT2D eigenvalue weighted by molar-refractivity contribution is -0.932. The summed E-state index contributed by atoms with van der Waals surface area (Å²) >= 11 is 6.49. The van der Waals surface area contributed by atoms with Gasteiger partial charge in [0, 0.05) is 17.9 Å². The molecule has 6 nitrogen and oxygen atoms in total. The summed E-state index contributed by atoms with van der Waals surface area (Å²) in [6.45, 7) is 4.04. The molecule has 1 atom stereocenters. The van der Waals surface area contributed by atoms with Crippen LogP contribution in [0.1, 0.15) is 23.6 Å². The molecular formula is C23H25ClNO5+. The molecule has 0 amide bonds. The summed E-state index contributed by atoms with van der Waals surface area (Å²) in [4.78, 5) is 13.3. The third-order valence-corrected chi connectivity index (χ3v) is 5.85. The fraction of sp³-hybridized carbons (Fsp3) is 0.348. The number of hydrogen-bond acceptors (Lipinski definition) is 5. The number of hydrogen-bond donors (Lipinski definition) is 1. The molecule has 0 saturated carbocycles. The van der Waals surface area contributed by atoms with Gasteiger partial charge in [0.25, 0.3) is 0 Å². The molecule has 4 rings (SSSR count). The number of halogens is 1. The van der Waals surface area contributed by atoms with E-state index in [9.17, 15) is 4.79 Å². The molecule has 1 aromatic heterocycles. The van der Waals surface area contributed by atoms with Gasteiger partial charge in [-0.2, -0.15) is 0 Å². The largest absolute Gasteiger partial charge is 0.493 e. The van der Waals surface area contributed by atoms with Crippen molar-refractivity contribution in [3.63, 3.8) is 0 Å². The summed E-state index contributed by atoms with van der Waals surface area (Å²) in [5.74, 6) is 2.05. The van der Waals surface area contributed by atoms with Crippen LogP contribution in [0.3, 0.4) is 0 Å². The molecule has 1 aliphatic heterocycles. The Bertz CT molecular complexity index is 1140. The zero-order valence-electron chi connectivity index (χ0n) is 17.3. The van der Waals surface area contributed by atoms with Crippen molar-refractivity contribution in [3.05, 3.63) is 62.5 Å². The van der Waals surface area contributed by atoms with Gasteiger partial charge in [-0.15, -0.1) is 0 Å². The van der Waals surface area contributed by atoms with Gasteiger partial charge in [0.15, 0.2) is 22.8 Å². The first-order chi connectivity index (χ1) is 14.5. The van der Waals surface area contributed by atoms with Crippen molar-refractivity contribution in [2.24, 2.45) is 0 Å². The predicted molar refractivity (Wildman–Crippen MR) is 115 cm³/mol. The van der Waals surface area contributed by atoms with E-state index in [1.807, 2.05) is 31.2 Å². The number of methoxy groups -OCH3 is 2. The standard InChI is InChI=1S/C23H24ClNO5/c1-4-15-10-21(26)30-22-16(15)11-18(24)23-17(22)12-25(13-29-23)8-7-14-5-6-19(27-2)20(9-14)28-3/h5-6,9-11H,4,7-8,12-13H2,1-3H3/p+1. The Morgan fingerprint density at radius 3 is 2.67 bits per heavy atom. The fourth-order valence-electron chi connectivity index (χ4n) is 3.98. The number of rotatable bonds is 6. The van der Waals surface area contributed by atoms with Gasteiger partial charge in [-0.3, -0.25) is 4.90 Å². The van der Waals surface area contributed by atoms with Crippen LogP contribution in [-0.4, -0.2) is 27.5 Å². The second-order valence-corrected chi connectivity index (χ2v) is 7.80. The summed E-state index contributed by atoms with van der Waals surface area (Å²) in [5.41, 5.74) is 3.19. The average Bonchev–Trinajstić information content (AvgIpc) is 2.77. The molecule has 0 aliphatic carbocycles. The number of ether oxygens (including phenoxy) is 3. The van der Waals surface area contributed by atoms with Crippen LogP contribution >= 0.6 is 11.6 Å². The summed E-state index contributed by atoms with van der Waals surface area (Å²) in [7, 11) is 3.26. The third-order valence-electron chi connectivity index (χ3n) is 5.56. The second-order valence-electron chi connectivity index (χ2n) is 7.39. The molecule has 0 spiro atoms. The van der Waals surface area contributed by atoms with Gasteiger partial charge in [-0.25, -0.2) is 4.79 Å². The molecule has 2 aromatic carbocycles. The highest BCUT2D eigenvalue weighted by molar-refractivity contribution is 6.33. The Kier molecular flexibility index (Phi) is 5.88. The maximum absolute atomic E-state index is 12.1. The number of benzene rings is 2. The molecule has 30 heavy (non-hydrogen) atoms. The van der Waals surface area contributed by atoms with Gasteiger partial charge in [0.1, 0.15) is 6.54 Å². The van der Waals surface area contributed by atoms with E-state index in [4.69, 9.17) is 30.2 Å². The van der Waals surface area contributed by atoms with Crippen molar-refractivity contribution < 1.29 is 23.5 Å². The Morgan fingerprint density at radius 1 is 1.13 bits per heavy atom. The zero-order chi connectivity index (χ0) is 21.3. The Hall–Kier alpha value is -2.70. The summed E-state index contributed by atoms with van der Waals surface area (Å²) < 4.78 is 22.3. The molecule has 0 radical (unpaired) electrons. The highest BCUT2D eigenvalue weighted by atomic mass is 35.5. The van der Waals surface area contributed by atoms with Crippen LogP contribution in [-0.2, 0) is 19.4 Å². The van der Waals surface area contributed by atoms with Crippen LogP contribution in [0.15, 0.2) is 39.5 Å². The lowest BCUT2D eigenvalue weighted by atomic mass is 10.0. The Labute approximate surface area is 179 Å². The van der Waals surface area contributed by atoms with Gasteiger partial charge >= 0.3 is 5.63 Å². The first-order valence-corrected chi connectivity index (χ1v) is 10.4. The number of aryl methyl sites for hydroxylation is 1. The summed E-state index contributed by atoms with van der Waals surface area (Å²) in [6, 6.07) is 9.33. The van der Waals surface area contributed by atoms with E-state index >= 15 is 0 Å². The normalized spacial score (nSPS) is 15.5. The number of nitrogens with one attached hydrogen (secondary N) is 1. The second kappa shape index (κ2) is 8.58. The lowest BCUT2D eigenvalue weighted by Gasteiger charge is -2.27. The first kappa shape index (κ1) is 20.6. The van der Waals surface area contributed by atoms with Crippen molar-refractivity contribution in [1.29, 1.82) is 0 Å². The van der Waals surface area contributed by atoms with Crippen LogP contribution < -0.4 is 24.7 Å². The van der Waals surface area contributed by atoms with E-state index in [-0.39, 0.29) is 5.63 Å². The van der Waals surface area contributed by atoms with Crippen LogP contribution in [0, 0.1) is 0 Å². The topological polar surface area (TPSA) is 62.3 Å². The van der Waals surface area contributed by atoms with Gasteiger partial charge in [-0.05, 0) is 35.7 Å². The summed E-state index contributed by atoms with van der Waals surface area (Å²) in [6.07, 6.45) is 1.57. The van der Waals surface area contributed by atoms with Crippen LogP contribution in [0.5, 0.6) is 17.2 Å². The van der Waals surface area contributed by atoms with E-state index in [1.54, 1.807) is 14.2 Å². The molecular weight excluding hydrogens is 406 g/mol. The summed E-state index contributed by atoms with van der Waals surface area (Å²) in [5, 5.41) is 1.44. The number of quaternary nitrogens is 1. The monoisotopic (exact) mass is 430 g/mol. The van der Waals surface area contributed by atoms with E-state index in [2.05, 4.69) is 0 Å². The molecule has 158 valence electrons. The average molecular weight is 431 g/mol. The molecule has 3 aromatic rings. The highest BCUT2D eigenvalue weighted by Crippen LogP contribution is 2.37. The first-order valence-electron chi connectivity index (χ1n) is 9.99. The van der Waals surface area contributed by atoms with Gasteiger partial charge in [0.2, 0.25) is 6.73 Å². The quantitative estimate of drug-likeness (QED) is 0.609. The Balaban J connectivity index is 1.59. The highest BCUT2D eigenvalue weighted by Gasteiger charge is 2.27. The maximum Gasteiger partial charge on any atom is 0.336 e. The van der Waals surface area contributed by atoms with Gasteiger partial charge in [0.05, 0.1) is 31.4 Å². The SMILES string of the molecule is CCc1cc(=O)oc2c3c(c(Cl)cc12)OC[NH+](CCc1ccc(OC)c(OC)c1)C3. The third kappa shape index (κ3) is 3.85. The van der Waals surface area contributed by atoms with E-state index in [1.165, 1.54) is 11.0 Å². The lowest BCUT2D eigenvalue weighted by Crippen LogP contribution is -3.12. The van der Waals surface area contributed by atoms with Crippen molar-refractivity contribution >= 4 is 22.6 Å². The van der Waals surface area contributed by atoms with Gasteiger partial charge < -0.3 is 18.6 Å². The van der Waals surface area contributed by atoms with Crippen LogP contribution in [0.2, 0.25) is 5.02 Å². The molecule has 0 saturated heterocycles. The van der Waals surface area contributed by atoms with E-state index in [0.29, 0.717) is 35.4 Å². The molecule has 0 bridgehead atoms. The fourth-order valence-corrected chi connectivity index (χ4v) is 4.25. The zero-order valence-corrected chi connectivity index (χ0v) is 18.1.